The van der Waals surface area contributed by atoms with Crippen LogP contribution in [0.25, 0.3) is 0 Å². The van der Waals surface area contributed by atoms with E-state index >= 15 is 0 Å². The lowest BCUT2D eigenvalue weighted by Crippen LogP contribution is -1.90. The summed E-state index contributed by atoms with van der Waals surface area (Å²) in [5, 5.41) is 9.40. The smallest absolute Gasteiger partial charge is 0.335 e. The monoisotopic (exact) mass is 280 g/mol. The molecule has 19 heavy (non-hydrogen) atoms. The largest absolute Gasteiger partial charge is 0.506 e. The van der Waals surface area contributed by atoms with Gasteiger partial charge in [-0.05, 0) is 24.6 Å². The minimum atomic E-state index is -0.750. The summed E-state index contributed by atoms with van der Waals surface area (Å²) in [6.45, 7) is 1.95. The molecule has 0 atom stereocenters. The molecule has 3 N–H and O–H groups in total. The van der Waals surface area contributed by atoms with Gasteiger partial charge in [0.05, 0.1) is 5.69 Å². The van der Waals surface area contributed by atoms with Gasteiger partial charge < -0.3 is 15.6 Å². The molecule has 1 aromatic carbocycles. The Hall–Kier alpha value is -2.41. The summed E-state index contributed by atoms with van der Waals surface area (Å²) in [5.74, 6) is 0.988. The highest BCUT2D eigenvalue weighted by Gasteiger charge is 2.02. The third-order valence-corrected chi connectivity index (χ3v) is 2.11. The molecule has 2 rings (SSSR count). The van der Waals surface area contributed by atoms with Gasteiger partial charge in [-0.3, -0.25) is 0 Å². The molecule has 0 amide bonds. The topological polar surface area (TPSA) is 103 Å². The van der Waals surface area contributed by atoms with Crippen molar-refractivity contribution in [2.45, 2.75) is 6.92 Å². The molecule has 0 aliphatic heterocycles. The number of aromatic hydroxyl groups is 1. The number of hydrogen-bond donors (Lipinski definition) is 2. The molecule has 0 bridgehead atoms. The van der Waals surface area contributed by atoms with Crippen molar-refractivity contribution in [1.29, 1.82) is 0 Å². The fraction of sp³-hybridized carbons (Fsp3) is 0.0833. The zero-order valence-electron chi connectivity index (χ0n) is 10.1. The number of aromatic nitrogens is 1. The normalized spacial score (nSPS) is 9.11. The summed E-state index contributed by atoms with van der Waals surface area (Å²) in [7, 11) is 0. The standard InChI is InChI=1S/C12H12N2O2.O2S/c1-8-2-5-12(14-7-8)16-9-3-4-10(13)11(15)6-9;1-3-2/h2-7,15H,13H2,1H3;. The summed E-state index contributed by atoms with van der Waals surface area (Å²) < 4.78 is 22.0. The van der Waals surface area contributed by atoms with Crippen LogP contribution in [0.1, 0.15) is 5.56 Å². The van der Waals surface area contributed by atoms with Crippen molar-refractivity contribution in [1.82, 2.24) is 4.98 Å². The summed E-state index contributed by atoms with van der Waals surface area (Å²) in [6.07, 6.45) is 1.71. The van der Waals surface area contributed by atoms with E-state index in [9.17, 15) is 5.11 Å². The Kier molecular flexibility index (Phi) is 5.49. The minimum absolute atomic E-state index is 0.00427. The Labute approximate surface area is 113 Å². The Morgan fingerprint density at radius 1 is 1.26 bits per heavy atom. The van der Waals surface area contributed by atoms with Crippen LogP contribution in [-0.4, -0.2) is 18.5 Å². The summed E-state index contributed by atoms with van der Waals surface area (Å²) in [5.41, 5.74) is 6.87. The fourth-order valence-corrected chi connectivity index (χ4v) is 1.22. The number of benzene rings is 1. The van der Waals surface area contributed by atoms with Gasteiger partial charge in [-0.15, -0.1) is 0 Å². The lowest BCUT2D eigenvalue weighted by atomic mass is 10.3. The molecule has 0 unspecified atom stereocenters. The van der Waals surface area contributed by atoms with E-state index in [1.54, 1.807) is 24.4 Å². The van der Waals surface area contributed by atoms with E-state index in [1.807, 2.05) is 13.0 Å². The van der Waals surface area contributed by atoms with E-state index in [-0.39, 0.29) is 5.75 Å². The first kappa shape index (κ1) is 14.7. The molecule has 0 saturated carbocycles. The quantitative estimate of drug-likeness (QED) is 0.642. The molecule has 6 nitrogen and oxygen atoms in total. The van der Waals surface area contributed by atoms with Crippen LogP contribution in [0.2, 0.25) is 0 Å². The van der Waals surface area contributed by atoms with Gasteiger partial charge in [-0.25, -0.2) is 4.98 Å². The molecule has 100 valence electrons. The van der Waals surface area contributed by atoms with Crippen LogP contribution in [0.15, 0.2) is 36.5 Å². The van der Waals surface area contributed by atoms with Gasteiger partial charge in [0, 0.05) is 18.3 Å². The molecule has 1 heterocycles. The van der Waals surface area contributed by atoms with Crippen LogP contribution in [0.5, 0.6) is 17.4 Å². The Morgan fingerprint density at radius 3 is 2.47 bits per heavy atom. The molecular formula is C12H12N2O4S. The summed E-state index contributed by atoms with van der Waals surface area (Å²) in [4.78, 5) is 4.09. The predicted molar refractivity (Wildman–Crippen MR) is 70.5 cm³/mol. The van der Waals surface area contributed by atoms with Crippen molar-refractivity contribution in [2.24, 2.45) is 0 Å². The van der Waals surface area contributed by atoms with Crippen molar-refractivity contribution in [3.63, 3.8) is 0 Å². The SMILES string of the molecule is Cc1ccc(Oc2ccc(N)c(O)c2)nc1.O=S=O. The number of phenols is 1. The third kappa shape index (κ3) is 4.76. The maximum Gasteiger partial charge on any atom is 0.335 e. The second-order valence-electron chi connectivity index (χ2n) is 3.56. The van der Waals surface area contributed by atoms with Crippen molar-refractivity contribution >= 4 is 17.3 Å². The maximum absolute atomic E-state index is 9.40. The third-order valence-electron chi connectivity index (χ3n) is 2.11. The zero-order valence-corrected chi connectivity index (χ0v) is 10.9. The number of pyridine rings is 1. The lowest BCUT2D eigenvalue weighted by molar-refractivity contribution is 0.446. The van der Waals surface area contributed by atoms with Gasteiger partial charge in [0.2, 0.25) is 5.88 Å². The Balaban J connectivity index is 0.000000550. The number of anilines is 1. The molecule has 0 aliphatic carbocycles. The summed E-state index contributed by atoms with van der Waals surface area (Å²) in [6, 6.07) is 8.38. The number of aryl methyl sites for hydroxylation is 1. The van der Waals surface area contributed by atoms with E-state index in [0.29, 0.717) is 17.3 Å². The number of nitrogen functional groups attached to an aromatic ring is 1. The molecular weight excluding hydrogens is 268 g/mol. The van der Waals surface area contributed by atoms with Crippen LogP contribution < -0.4 is 10.5 Å². The number of rotatable bonds is 2. The predicted octanol–water partition coefficient (Wildman–Crippen LogP) is 1.80. The lowest BCUT2D eigenvalue weighted by Gasteiger charge is -2.06. The molecule has 0 radical (unpaired) electrons. The first-order chi connectivity index (χ1) is 9.06. The molecule has 0 aliphatic rings. The van der Waals surface area contributed by atoms with Gasteiger partial charge in [-0.2, -0.15) is 8.42 Å². The van der Waals surface area contributed by atoms with Gasteiger partial charge in [0.1, 0.15) is 11.5 Å². The van der Waals surface area contributed by atoms with Gasteiger partial charge in [-0.1, -0.05) is 6.07 Å². The van der Waals surface area contributed by atoms with Crippen LogP contribution >= 0.6 is 0 Å². The maximum atomic E-state index is 9.40. The van der Waals surface area contributed by atoms with Crippen molar-refractivity contribution < 1.29 is 18.3 Å². The van der Waals surface area contributed by atoms with Crippen LogP contribution in [-0.2, 0) is 11.6 Å². The molecule has 0 fully saturated rings. The van der Waals surface area contributed by atoms with E-state index in [2.05, 4.69) is 4.98 Å². The van der Waals surface area contributed by atoms with Crippen LogP contribution in [0.4, 0.5) is 5.69 Å². The molecule has 0 spiro atoms. The zero-order chi connectivity index (χ0) is 14.3. The average molecular weight is 280 g/mol. The van der Waals surface area contributed by atoms with E-state index in [4.69, 9.17) is 18.9 Å². The van der Waals surface area contributed by atoms with Crippen molar-refractivity contribution in [3.8, 4) is 17.4 Å². The van der Waals surface area contributed by atoms with Crippen LogP contribution in [0, 0.1) is 6.92 Å². The first-order valence-electron chi connectivity index (χ1n) is 5.17. The highest BCUT2D eigenvalue weighted by atomic mass is 32.1. The van der Waals surface area contributed by atoms with E-state index in [1.165, 1.54) is 6.07 Å². The van der Waals surface area contributed by atoms with Gasteiger partial charge in [0.15, 0.2) is 0 Å². The molecule has 1 aromatic heterocycles. The molecule has 0 saturated heterocycles. The number of ether oxygens (including phenoxy) is 1. The molecule has 7 heteroatoms. The van der Waals surface area contributed by atoms with Gasteiger partial charge in [0.25, 0.3) is 0 Å². The fourth-order valence-electron chi connectivity index (χ4n) is 1.22. The van der Waals surface area contributed by atoms with E-state index < -0.39 is 11.6 Å². The minimum Gasteiger partial charge on any atom is -0.506 e. The van der Waals surface area contributed by atoms with Gasteiger partial charge >= 0.3 is 11.6 Å². The summed E-state index contributed by atoms with van der Waals surface area (Å²) >= 11 is -0.750. The highest BCUT2D eigenvalue weighted by molar-refractivity contribution is 7.51. The van der Waals surface area contributed by atoms with Crippen molar-refractivity contribution in [2.75, 3.05) is 5.73 Å². The highest BCUT2D eigenvalue weighted by Crippen LogP contribution is 2.27. The van der Waals surface area contributed by atoms with E-state index in [0.717, 1.165) is 5.56 Å². The Bertz CT molecular complexity index is 581. The average Bonchev–Trinajstić information content (AvgIpc) is 2.38. The van der Waals surface area contributed by atoms with Crippen LogP contribution in [0.3, 0.4) is 0 Å². The second-order valence-corrected chi connectivity index (χ2v) is 3.70. The Morgan fingerprint density at radius 2 is 1.95 bits per heavy atom. The second kappa shape index (κ2) is 7.12. The first-order valence-corrected chi connectivity index (χ1v) is 5.84. The molecule has 2 aromatic rings. The number of phenolic OH excluding ortho intramolecular Hbond substituents is 1. The van der Waals surface area contributed by atoms with Crippen molar-refractivity contribution in [3.05, 3.63) is 42.1 Å². The number of nitrogens with zero attached hydrogens (tertiary/aromatic N) is 1. The number of hydrogen-bond acceptors (Lipinski definition) is 6. The number of nitrogens with two attached hydrogens (primary N) is 1.